The average molecular weight is 429 g/mol. The second-order valence-corrected chi connectivity index (χ2v) is 7.26. The van der Waals surface area contributed by atoms with Crippen molar-refractivity contribution in [2.75, 3.05) is 28.7 Å². The smallest absolute Gasteiger partial charge is 0.340 e. The molecule has 0 unspecified atom stereocenters. The predicted octanol–water partition coefficient (Wildman–Crippen LogP) is 4.71. The fourth-order valence-electron chi connectivity index (χ4n) is 3.67. The summed E-state index contributed by atoms with van der Waals surface area (Å²) in [6.45, 7) is 2.55. The van der Waals surface area contributed by atoms with Crippen molar-refractivity contribution in [3.8, 4) is 0 Å². The van der Waals surface area contributed by atoms with Crippen LogP contribution in [0.3, 0.4) is 0 Å². The molecule has 7 nitrogen and oxygen atoms in total. The summed E-state index contributed by atoms with van der Waals surface area (Å²) in [5, 5.41) is 5.47. The normalized spacial score (nSPS) is 12.1. The first kappa shape index (κ1) is 21.1. The number of hydrogen-bond donors (Lipinski definition) is 2. The van der Waals surface area contributed by atoms with Crippen LogP contribution in [0.4, 0.5) is 21.9 Å². The molecule has 162 valence electrons. The number of carbonyl (C=O) groups is 3. The maximum absolute atomic E-state index is 12.9. The van der Waals surface area contributed by atoms with Gasteiger partial charge < -0.3 is 20.3 Å². The van der Waals surface area contributed by atoms with Crippen LogP contribution in [-0.2, 0) is 11.2 Å². The zero-order valence-electron chi connectivity index (χ0n) is 17.6. The van der Waals surface area contributed by atoms with Gasteiger partial charge in [0.25, 0.3) is 5.91 Å². The van der Waals surface area contributed by atoms with E-state index < -0.39 is 12.0 Å². The van der Waals surface area contributed by atoms with Gasteiger partial charge in [0.2, 0.25) is 0 Å². The molecule has 0 fully saturated rings. The third kappa shape index (κ3) is 4.46. The molecule has 1 aliphatic heterocycles. The Kier molecular flexibility index (Phi) is 6.17. The largest absolute Gasteiger partial charge is 0.462 e. The van der Waals surface area contributed by atoms with E-state index in [2.05, 4.69) is 10.6 Å². The maximum atomic E-state index is 12.9. The van der Waals surface area contributed by atoms with E-state index in [0.717, 1.165) is 17.7 Å². The van der Waals surface area contributed by atoms with Crippen molar-refractivity contribution in [3.05, 3.63) is 89.5 Å². The molecule has 0 bridgehead atoms. The van der Waals surface area contributed by atoms with Gasteiger partial charge in [0, 0.05) is 23.5 Å². The Hall–Kier alpha value is -4.13. The van der Waals surface area contributed by atoms with Crippen LogP contribution in [0, 0.1) is 0 Å². The van der Waals surface area contributed by atoms with Crippen molar-refractivity contribution >= 4 is 35.0 Å². The highest BCUT2D eigenvalue weighted by atomic mass is 16.5. The van der Waals surface area contributed by atoms with Crippen molar-refractivity contribution < 1.29 is 19.1 Å². The summed E-state index contributed by atoms with van der Waals surface area (Å²) in [5.41, 5.74) is 3.62. The first-order chi connectivity index (χ1) is 15.6. The van der Waals surface area contributed by atoms with Gasteiger partial charge in [0.15, 0.2) is 0 Å². The Morgan fingerprint density at radius 1 is 0.938 bits per heavy atom. The fourth-order valence-corrected chi connectivity index (χ4v) is 3.67. The molecule has 1 heterocycles. The predicted molar refractivity (Wildman–Crippen MR) is 123 cm³/mol. The summed E-state index contributed by atoms with van der Waals surface area (Å²) in [4.78, 5) is 39.4. The number of carbonyl (C=O) groups excluding carboxylic acids is 3. The lowest BCUT2D eigenvalue weighted by Crippen LogP contribution is -2.29. The third-order valence-electron chi connectivity index (χ3n) is 5.18. The number of nitrogens with one attached hydrogen (secondary N) is 2. The van der Waals surface area contributed by atoms with Gasteiger partial charge in [-0.3, -0.25) is 4.79 Å². The van der Waals surface area contributed by atoms with E-state index in [-0.39, 0.29) is 18.1 Å². The molecule has 0 atom stereocenters. The molecule has 0 saturated carbocycles. The number of hydrogen-bond acceptors (Lipinski definition) is 4. The number of para-hydroxylation sites is 1. The Balaban J connectivity index is 1.49. The molecule has 3 amide bonds. The van der Waals surface area contributed by atoms with Gasteiger partial charge in [-0.05, 0) is 55.3 Å². The molecule has 32 heavy (non-hydrogen) atoms. The molecule has 2 N–H and O–H groups in total. The minimum absolute atomic E-state index is 0.0747. The Labute approximate surface area is 186 Å². The Morgan fingerprint density at radius 3 is 2.47 bits per heavy atom. The highest BCUT2D eigenvalue weighted by molar-refractivity contribution is 6.08. The summed E-state index contributed by atoms with van der Waals surface area (Å²) in [6.07, 6.45) is 0.757. The molecule has 4 rings (SSSR count). The molecule has 0 radical (unpaired) electrons. The van der Waals surface area contributed by atoms with Crippen LogP contribution < -0.4 is 15.5 Å². The molecule has 3 aromatic rings. The van der Waals surface area contributed by atoms with Crippen LogP contribution in [0.25, 0.3) is 0 Å². The summed E-state index contributed by atoms with van der Waals surface area (Å²) in [6, 6.07) is 20.8. The first-order valence-corrected chi connectivity index (χ1v) is 10.4. The zero-order valence-corrected chi connectivity index (χ0v) is 17.6. The SMILES string of the molecule is CCOC(=O)c1ccccc1NC(=O)Nc1ccc2c(c1)N(C(=O)c1ccccc1)CC2. The van der Waals surface area contributed by atoms with Crippen LogP contribution in [0.5, 0.6) is 0 Å². The number of nitrogens with zero attached hydrogens (tertiary/aromatic N) is 1. The minimum Gasteiger partial charge on any atom is -0.462 e. The van der Waals surface area contributed by atoms with E-state index in [1.165, 1.54) is 0 Å². The number of anilines is 3. The van der Waals surface area contributed by atoms with Crippen molar-refractivity contribution in [1.29, 1.82) is 0 Å². The number of rotatable bonds is 5. The van der Waals surface area contributed by atoms with Crippen molar-refractivity contribution in [1.82, 2.24) is 0 Å². The number of urea groups is 1. The van der Waals surface area contributed by atoms with Crippen molar-refractivity contribution in [2.45, 2.75) is 13.3 Å². The summed E-state index contributed by atoms with van der Waals surface area (Å²) >= 11 is 0. The topological polar surface area (TPSA) is 87.7 Å². The standard InChI is InChI=1S/C25H23N3O4/c1-2-32-24(30)20-10-6-7-11-21(20)27-25(31)26-19-13-12-17-14-15-28(22(17)16-19)23(29)18-8-4-3-5-9-18/h3-13,16H,2,14-15H2,1H3,(H2,26,27,31). The van der Waals surface area contributed by atoms with Gasteiger partial charge >= 0.3 is 12.0 Å². The van der Waals surface area contributed by atoms with E-state index in [1.807, 2.05) is 24.3 Å². The summed E-state index contributed by atoms with van der Waals surface area (Å²) < 4.78 is 5.04. The van der Waals surface area contributed by atoms with Crippen molar-refractivity contribution in [3.63, 3.8) is 0 Å². The van der Waals surface area contributed by atoms with Gasteiger partial charge in [-0.15, -0.1) is 0 Å². The second kappa shape index (κ2) is 9.34. The molecule has 0 saturated heterocycles. The first-order valence-electron chi connectivity index (χ1n) is 10.4. The monoisotopic (exact) mass is 429 g/mol. The van der Waals surface area contributed by atoms with E-state index >= 15 is 0 Å². The van der Waals surface area contributed by atoms with Gasteiger partial charge in [-0.25, -0.2) is 9.59 Å². The number of esters is 1. The Morgan fingerprint density at radius 2 is 1.69 bits per heavy atom. The lowest BCUT2D eigenvalue weighted by molar-refractivity contribution is 0.0527. The highest BCUT2D eigenvalue weighted by Crippen LogP contribution is 2.32. The van der Waals surface area contributed by atoms with Crippen LogP contribution in [-0.4, -0.2) is 31.1 Å². The molecule has 1 aliphatic rings. The third-order valence-corrected chi connectivity index (χ3v) is 5.18. The van der Waals surface area contributed by atoms with Crippen LogP contribution >= 0.6 is 0 Å². The molecular weight excluding hydrogens is 406 g/mol. The summed E-state index contributed by atoms with van der Waals surface area (Å²) in [7, 11) is 0. The maximum Gasteiger partial charge on any atom is 0.340 e. The molecule has 0 spiro atoms. The second-order valence-electron chi connectivity index (χ2n) is 7.26. The van der Waals surface area contributed by atoms with Gasteiger partial charge in [0.1, 0.15) is 0 Å². The van der Waals surface area contributed by atoms with Gasteiger partial charge in [0.05, 0.1) is 17.9 Å². The zero-order chi connectivity index (χ0) is 22.5. The average Bonchev–Trinajstić information content (AvgIpc) is 3.23. The van der Waals surface area contributed by atoms with E-state index in [4.69, 9.17) is 4.74 Å². The molecule has 0 aliphatic carbocycles. The molecular formula is C25H23N3O4. The number of amides is 3. The molecule has 3 aromatic carbocycles. The molecule has 7 heteroatoms. The lowest BCUT2D eigenvalue weighted by atomic mass is 10.1. The van der Waals surface area contributed by atoms with Gasteiger partial charge in [-0.2, -0.15) is 0 Å². The minimum atomic E-state index is -0.504. The number of ether oxygens (including phenoxy) is 1. The highest BCUT2D eigenvalue weighted by Gasteiger charge is 2.26. The van der Waals surface area contributed by atoms with Crippen LogP contribution in [0.2, 0.25) is 0 Å². The number of fused-ring (bicyclic) bond motifs is 1. The van der Waals surface area contributed by atoms with Crippen molar-refractivity contribution in [2.24, 2.45) is 0 Å². The van der Waals surface area contributed by atoms with E-state index in [9.17, 15) is 14.4 Å². The van der Waals surface area contributed by atoms with E-state index in [0.29, 0.717) is 23.5 Å². The van der Waals surface area contributed by atoms with Crippen LogP contribution in [0.1, 0.15) is 33.2 Å². The Bertz CT molecular complexity index is 1160. The van der Waals surface area contributed by atoms with Gasteiger partial charge in [-0.1, -0.05) is 36.4 Å². The lowest BCUT2D eigenvalue weighted by Gasteiger charge is -2.18. The fraction of sp³-hybridized carbons (Fsp3) is 0.160. The van der Waals surface area contributed by atoms with E-state index in [1.54, 1.807) is 60.4 Å². The number of benzene rings is 3. The summed E-state index contributed by atoms with van der Waals surface area (Å²) in [5.74, 6) is -0.578. The van der Waals surface area contributed by atoms with Crippen LogP contribution in [0.15, 0.2) is 72.8 Å². The quantitative estimate of drug-likeness (QED) is 0.575. The molecule has 0 aromatic heterocycles.